The lowest BCUT2D eigenvalue weighted by Crippen LogP contribution is -2.10. The van der Waals surface area contributed by atoms with Crippen molar-refractivity contribution in [2.24, 2.45) is 0 Å². The molecule has 10 aromatic rings. The molecule has 10 rings (SSSR count). The molecular formula is C44H28N2O. The molecule has 0 N–H and O–H groups in total. The number of aromatic nitrogens is 1. The molecule has 220 valence electrons. The molecular weight excluding hydrogens is 572 g/mol. The van der Waals surface area contributed by atoms with E-state index in [0.717, 1.165) is 50.2 Å². The lowest BCUT2D eigenvalue weighted by atomic mass is 9.98. The molecule has 2 aromatic heterocycles. The summed E-state index contributed by atoms with van der Waals surface area (Å²) in [6.45, 7) is 0. The molecule has 0 saturated carbocycles. The highest BCUT2D eigenvalue weighted by atomic mass is 16.3. The Hall–Kier alpha value is -6.32. The van der Waals surface area contributed by atoms with E-state index in [-0.39, 0.29) is 0 Å². The van der Waals surface area contributed by atoms with Crippen LogP contribution in [0.15, 0.2) is 174 Å². The quantitative estimate of drug-likeness (QED) is 0.200. The van der Waals surface area contributed by atoms with Gasteiger partial charge in [0.25, 0.3) is 0 Å². The molecule has 0 spiro atoms. The van der Waals surface area contributed by atoms with E-state index in [4.69, 9.17) is 4.42 Å². The van der Waals surface area contributed by atoms with Crippen molar-refractivity contribution in [2.45, 2.75) is 0 Å². The zero-order chi connectivity index (χ0) is 30.9. The zero-order valence-corrected chi connectivity index (χ0v) is 25.5. The van der Waals surface area contributed by atoms with Gasteiger partial charge in [-0.15, -0.1) is 0 Å². The van der Waals surface area contributed by atoms with Crippen LogP contribution in [0.5, 0.6) is 0 Å². The highest BCUT2D eigenvalue weighted by molar-refractivity contribution is 6.29. The molecule has 0 aliphatic rings. The Bertz CT molecular complexity index is 2790. The first-order valence-electron chi connectivity index (χ1n) is 16.0. The van der Waals surface area contributed by atoms with E-state index < -0.39 is 0 Å². The second-order valence-corrected chi connectivity index (χ2v) is 12.1. The SMILES string of the molecule is c1ccc(N(c2ccc3c4ccccc4n(-c4ccccc4)c3c2)c2cc3ccccc3c3c2oc2ccc4ccccc4c23)cc1. The summed E-state index contributed by atoms with van der Waals surface area (Å²) >= 11 is 0. The van der Waals surface area contributed by atoms with Gasteiger partial charge >= 0.3 is 0 Å². The third-order valence-corrected chi connectivity index (χ3v) is 9.52. The summed E-state index contributed by atoms with van der Waals surface area (Å²) in [6, 6.07) is 60.6. The van der Waals surface area contributed by atoms with Gasteiger partial charge < -0.3 is 13.9 Å². The van der Waals surface area contributed by atoms with Gasteiger partial charge in [0.05, 0.1) is 16.7 Å². The number of nitrogens with zero attached hydrogens (tertiary/aromatic N) is 2. The molecule has 0 saturated heterocycles. The minimum absolute atomic E-state index is 0.877. The first kappa shape index (κ1) is 26.0. The number of hydrogen-bond donors (Lipinski definition) is 0. The lowest BCUT2D eigenvalue weighted by Gasteiger charge is -2.26. The molecule has 3 nitrogen and oxygen atoms in total. The fourth-order valence-electron chi connectivity index (χ4n) is 7.49. The number of rotatable bonds is 4. The standard InChI is InChI=1S/C44H28N2O/c1-3-15-31(16-4-1)45(33-24-25-37-36-21-11-12-22-38(36)46(39(37)28-33)32-17-5-2-6-18-32)40-27-30-14-8-10-20-35(30)43-42-34-19-9-7-13-29(34)23-26-41(42)47-44(40)43/h1-28H. The number of furan rings is 1. The van der Waals surface area contributed by atoms with Crippen LogP contribution in [0.1, 0.15) is 0 Å². The minimum atomic E-state index is 0.877. The van der Waals surface area contributed by atoms with Gasteiger partial charge in [0.15, 0.2) is 5.58 Å². The van der Waals surface area contributed by atoms with E-state index in [9.17, 15) is 0 Å². The van der Waals surface area contributed by atoms with Crippen molar-refractivity contribution in [1.29, 1.82) is 0 Å². The summed E-state index contributed by atoms with van der Waals surface area (Å²) in [5, 5.41) is 9.53. The van der Waals surface area contributed by atoms with Crippen LogP contribution < -0.4 is 4.90 Å². The van der Waals surface area contributed by atoms with Crippen LogP contribution in [0, 0.1) is 0 Å². The lowest BCUT2D eigenvalue weighted by molar-refractivity contribution is 0.669. The van der Waals surface area contributed by atoms with Crippen LogP contribution in [-0.4, -0.2) is 4.57 Å². The number of anilines is 3. The highest BCUT2D eigenvalue weighted by Gasteiger charge is 2.24. The zero-order valence-electron chi connectivity index (χ0n) is 25.5. The topological polar surface area (TPSA) is 21.3 Å². The Labute approximate surface area is 271 Å². The van der Waals surface area contributed by atoms with Crippen molar-refractivity contribution < 1.29 is 4.42 Å². The molecule has 2 heterocycles. The molecule has 47 heavy (non-hydrogen) atoms. The van der Waals surface area contributed by atoms with Crippen LogP contribution >= 0.6 is 0 Å². The molecule has 0 aliphatic carbocycles. The van der Waals surface area contributed by atoms with Crippen molar-refractivity contribution in [3.05, 3.63) is 170 Å². The van der Waals surface area contributed by atoms with Gasteiger partial charge in [0, 0.05) is 38.6 Å². The molecule has 0 radical (unpaired) electrons. The maximum atomic E-state index is 6.91. The summed E-state index contributed by atoms with van der Waals surface area (Å²) < 4.78 is 9.28. The van der Waals surface area contributed by atoms with E-state index in [1.807, 2.05) is 0 Å². The predicted octanol–water partition coefficient (Wildman–Crippen LogP) is 12.5. The third-order valence-electron chi connectivity index (χ3n) is 9.52. The van der Waals surface area contributed by atoms with Gasteiger partial charge in [-0.05, 0) is 76.1 Å². The first-order chi connectivity index (χ1) is 23.3. The van der Waals surface area contributed by atoms with Crippen LogP contribution in [0.3, 0.4) is 0 Å². The van der Waals surface area contributed by atoms with E-state index in [1.54, 1.807) is 0 Å². The van der Waals surface area contributed by atoms with Crippen molar-refractivity contribution in [2.75, 3.05) is 4.90 Å². The predicted molar refractivity (Wildman–Crippen MR) is 198 cm³/mol. The second kappa shape index (κ2) is 10.1. The summed E-state index contributed by atoms with van der Waals surface area (Å²) in [7, 11) is 0. The maximum absolute atomic E-state index is 6.91. The molecule has 0 amide bonds. The fourth-order valence-corrected chi connectivity index (χ4v) is 7.49. The van der Waals surface area contributed by atoms with Crippen molar-refractivity contribution in [3.63, 3.8) is 0 Å². The molecule has 0 unspecified atom stereocenters. The minimum Gasteiger partial charge on any atom is -0.454 e. The monoisotopic (exact) mass is 600 g/mol. The largest absolute Gasteiger partial charge is 0.454 e. The maximum Gasteiger partial charge on any atom is 0.160 e. The van der Waals surface area contributed by atoms with Gasteiger partial charge in [-0.3, -0.25) is 0 Å². The first-order valence-corrected chi connectivity index (χ1v) is 16.0. The van der Waals surface area contributed by atoms with Crippen molar-refractivity contribution in [3.8, 4) is 5.69 Å². The number of hydrogen-bond acceptors (Lipinski definition) is 2. The Morgan fingerprint density at radius 3 is 1.87 bits per heavy atom. The van der Waals surface area contributed by atoms with E-state index >= 15 is 0 Å². The second-order valence-electron chi connectivity index (χ2n) is 12.1. The van der Waals surface area contributed by atoms with Crippen LogP contribution in [-0.2, 0) is 0 Å². The number of fused-ring (bicyclic) bond motifs is 10. The average Bonchev–Trinajstić information content (AvgIpc) is 3.69. The Morgan fingerprint density at radius 2 is 1.06 bits per heavy atom. The normalized spacial score (nSPS) is 11.8. The highest BCUT2D eigenvalue weighted by Crippen LogP contribution is 2.47. The van der Waals surface area contributed by atoms with Gasteiger partial charge in [0.2, 0.25) is 0 Å². The average molecular weight is 601 g/mol. The molecule has 0 bridgehead atoms. The van der Waals surface area contributed by atoms with Gasteiger partial charge in [-0.2, -0.15) is 0 Å². The number of para-hydroxylation sites is 3. The molecule has 3 heteroatoms. The molecule has 0 atom stereocenters. The van der Waals surface area contributed by atoms with Gasteiger partial charge in [-0.1, -0.05) is 115 Å². The van der Waals surface area contributed by atoms with E-state index in [0.29, 0.717) is 0 Å². The summed E-state index contributed by atoms with van der Waals surface area (Å²) in [5.41, 5.74) is 8.39. The van der Waals surface area contributed by atoms with Crippen LogP contribution in [0.25, 0.3) is 71.0 Å². The van der Waals surface area contributed by atoms with E-state index in [2.05, 4.69) is 179 Å². The summed E-state index contributed by atoms with van der Waals surface area (Å²) in [6.07, 6.45) is 0. The molecule has 0 aliphatic heterocycles. The molecule has 0 fully saturated rings. The van der Waals surface area contributed by atoms with Crippen LogP contribution in [0.2, 0.25) is 0 Å². The fraction of sp³-hybridized carbons (Fsp3) is 0. The Morgan fingerprint density at radius 1 is 0.426 bits per heavy atom. The smallest absolute Gasteiger partial charge is 0.160 e. The number of benzene rings is 8. The summed E-state index contributed by atoms with van der Waals surface area (Å²) in [5.74, 6) is 0. The Balaban J connectivity index is 1.33. The van der Waals surface area contributed by atoms with Gasteiger partial charge in [-0.25, -0.2) is 0 Å². The molecule has 8 aromatic carbocycles. The van der Waals surface area contributed by atoms with Crippen LogP contribution in [0.4, 0.5) is 17.1 Å². The third kappa shape index (κ3) is 3.87. The van der Waals surface area contributed by atoms with Gasteiger partial charge in [0.1, 0.15) is 5.58 Å². The van der Waals surface area contributed by atoms with E-state index in [1.165, 1.54) is 37.8 Å². The Kier molecular flexibility index (Phi) is 5.57. The summed E-state index contributed by atoms with van der Waals surface area (Å²) in [4.78, 5) is 2.35. The van der Waals surface area contributed by atoms with Crippen molar-refractivity contribution >= 4 is 82.4 Å². The van der Waals surface area contributed by atoms with Crippen molar-refractivity contribution in [1.82, 2.24) is 4.57 Å².